The molecule has 0 heterocycles. The number of rotatable bonds is 9. The Morgan fingerprint density at radius 2 is 1.67 bits per heavy atom. The number of nitrogens with zero attached hydrogens (tertiary/aromatic N) is 2. The van der Waals surface area contributed by atoms with Crippen molar-refractivity contribution >= 4 is 66.7 Å². The van der Waals surface area contributed by atoms with E-state index in [0.717, 1.165) is 42.7 Å². The van der Waals surface area contributed by atoms with Crippen LogP contribution in [0.3, 0.4) is 0 Å². The summed E-state index contributed by atoms with van der Waals surface area (Å²) < 4.78 is 26.9. The number of sulfonamides is 1. The molecule has 1 fully saturated rings. The highest BCUT2D eigenvalue weighted by atomic mass is 79.9. The Morgan fingerprint density at radius 1 is 1.06 bits per heavy atom. The molecule has 2 aromatic rings. The molecule has 1 aliphatic carbocycles. The first-order valence-corrected chi connectivity index (χ1v) is 15.1. The summed E-state index contributed by atoms with van der Waals surface area (Å²) in [5, 5.41) is 3.76. The van der Waals surface area contributed by atoms with E-state index in [-0.39, 0.29) is 18.5 Å². The Morgan fingerprint density at radius 3 is 2.25 bits per heavy atom. The summed E-state index contributed by atoms with van der Waals surface area (Å²) in [5.74, 6) is -0.858. The van der Waals surface area contributed by atoms with E-state index in [2.05, 4.69) is 21.2 Å². The molecule has 7 nitrogen and oxygen atoms in total. The van der Waals surface area contributed by atoms with Gasteiger partial charge in [-0.3, -0.25) is 13.9 Å². The molecule has 2 amide bonds. The third-order valence-electron chi connectivity index (χ3n) is 6.31. The summed E-state index contributed by atoms with van der Waals surface area (Å²) in [4.78, 5) is 28.2. The van der Waals surface area contributed by atoms with Gasteiger partial charge in [0.1, 0.15) is 12.6 Å². The minimum Gasteiger partial charge on any atom is -0.352 e. The third-order valence-corrected chi connectivity index (χ3v) is 8.81. The monoisotopic (exact) mass is 617 g/mol. The highest BCUT2D eigenvalue weighted by Gasteiger charge is 2.32. The lowest BCUT2D eigenvalue weighted by Crippen LogP contribution is -2.53. The number of nitrogens with one attached hydrogen (secondary N) is 1. The van der Waals surface area contributed by atoms with E-state index in [0.29, 0.717) is 25.8 Å². The van der Waals surface area contributed by atoms with Gasteiger partial charge in [0, 0.05) is 32.7 Å². The standard InChI is InChI=1S/C25H30BrCl2N3O4S/c1-17(25(33)29-18-9-4-3-5-10-18)30(15-19-21(27)12-8-13-22(19)28)24(32)16-31(36(2,34)35)23-14-7-6-11-20(23)26/h6-8,11-14,17-18H,3-5,9-10,15-16H2,1-2H3,(H,29,33). The summed E-state index contributed by atoms with van der Waals surface area (Å²) >= 11 is 16.1. The Hall–Kier alpha value is -1.81. The average Bonchev–Trinajstić information content (AvgIpc) is 2.82. The van der Waals surface area contributed by atoms with Gasteiger partial charge in [-0.2, -0.15) is 0 Å². The molecule has 0 spiro atoms. The topological polar surface area (TPSA) is 86.8 Å². The molecule has 0 aromatic heterocycles. The zero-order chi connectivity index (χ0) is 26.5. The normalized spacial score (nSPS) is 15.2. The SMILES string of the molecule is CC(C(=O)NC1CCCCC1)N(Cc1c(Cl)cccc1Cl)C(=O)CN(c1ccccc1Br)S(C)(=O)=O. The van der Waals surface area contributed by atoms with E-state index in [9.17, 15) is 18.0 Å². The van der Waals surface area contributed by atoms with Gasteiger partial charge in [0.05, 0.1) is 11.9 Å². The second-order valence-corrected chi connectivity index (χ2v) is 12.5. The highest BCUT2D eigenvalue weighted by Crippen LogP contribution is 2.29. The van der Waals surface area contributed by atoms with E-state index in [4.69, 9.17) is 23.2 Å². The van der Waals surface area contributed by atoms with Gasteiger partial charge in [-0.15, -0.1) is 0 Å². The van der Waals surface area contributed by atoms with Crippen molar-refractivity contribution in [3.63, 3.8) is 0 Å². The Balaban J connectivity index is 1.92. The molecule has 0 bridgehead atoms. The predicted molar refractivity (Wildman–Crippen MR) is 148 cm³/mol. The van der Waals surface area contributed by atoms with Crippen LogP contribution in [0.5, 0.6) is 0 Å². The van der Waals surface area contributed by atoms with Crippen molar-refractivity contribution in [1.29, 1.82) is 0 Å². The van der Waals surface area contributed by atoms with Crippen LogP contribution in [0.15, 0.2) is 46.9 Å². The smallest absolute Gasteiger partial charge is 0.244 e. The fourth-order valence-electron chi connectivity index (χ4n) is 4.25. The second kappa shape index (κ2) is 12.6. The van der Waals surface area contributed by atoms with Crippen molar-refractivity contribution in [2.24, 2.45) is 0 Å². The van der Waals surface area contributed by atoms with Crippen LogP contribution in [0.2, 0.25) is 10.0 Å². The first kappa shape index (κ1) is 28.8. The number of hydrogen-bond donors (Lipinski definition) is 1. The van der Waals surface area contributed by atoms with Crippen molar-refractivity contribution < 1.29 is 18.0 Å². The summed E-state index contributed by atoms with van der Waals surface area (Å²) in [5.41, 5.74) is 0.807. The van der Waals surface area contributed by atoms with Gasteiger partial charge in [-0.25, -0.2) is 8.42 Å². The zero-order valence-electron chi connectivity index (χ0n) is 20.2. The molecule has 0 radical (unpaired) electrons. The Labute approximate surface area is 231 Å². The minimum absolute atomic E-state index is 0.0514. The molecule has 1 unspecified atom stereocenters. The van der Waals surface area contributed by atoms with Gasteiger partial charge in [-0.05, 0) is 60.0 Å². The Bertz CT molecular complexity index is 1190. The molecule has 1 N–H and O–H groups in total. The van der Waals surface area contributed by atoms with Crippen LogP contribution in [0.4, 0.5) is 5.69 Å². The maximum atomic E-state index is 13.7. The molecule has 11 heteroatoms. The molecule has 0 saturated heterocycles. The first-order chi connectivity index (χ1) is 17.0. The number of carbonyl (C=O) groups is 2. The number of benzene rings is 2. The van der Waals surface area contributed by atoms with Crippen molar-refractivity contribution in [1.82, 2.24) is 10.2 Å². The van der Waals surface area contributed by atoms with Gasteiger partial charge in [-0.1, -0.05) is 60.7 Å². The van der Waals surface area contributed by atoms with E-state index >= 15 is 0 Å². The number of anilines is 1. The van der Waals surface area contributed by atoms with Crippen molar-refractivity contribution in [2.75, 3.05) is 17.1 Å². The quantitative estimate of drug-likeness (QED) is 0.408. The van der Waals surface area contributed by atoms with Crippen LogP contribution in [0.1, 0.15) is 44.6 Å². The van der Waals surface area contributed by atoms with E-state index < -0.39 is 28.5 Å². The molecule has 1 atom stereocenters. The molecule has 3 rings (SSSR count). The first-order valence-electron chi connectivity index (χ1n) is 11.7. The van der Waals surface area contributed by atoms with E-state index in [1.807, 2.05) is 0 Å². The van der Waals surface area contributed by atoms with Crippen molar-refractivity contribution in [2.45, 2.75) is 57.7 Å². The summed E-state index contributed by atoms with van der Waals surface area (Å²) in [7, 11) is -3.82. The fourth-order valence-corrected chi connectivity index (χ4v) is 6.25. The number of carbonyl (C=O) groups excluding carboxylic acids is 2. The van der Waals surface area contributed by atoms with E-state index in [1.165, 1.54) is 4.90 Å². The van der Waals surface area contributed by atoms with Crippen LogP contribution in [0, 0.1) is 0 Å². The molecule has 196 valence electrons. The van der Waals surface area contributed by atoms with Gasteiger partial charge in [0.15, 0.2) is 0 Å². The van der Waals surface area contributed by atoms with Crippen LogP contribution in [0.25, 0.3) is 0 Å². The number of halogens is 3. The Kier molecular flexibility index (Phi) is 10.1. The summed E-state index contributed by atoms with van der Waals surface area (Å²) in [6, 6.07) is 10.9. The van der Waals surface area contributed by atoms with Gasteiger partial charge in [0.25, 0.3) is 0 Å². The maximum absolute atomic E-state index is 13.7. The number of hydrogen-bond acceptors (Lipinski definition) is 4. The summed E-state index contributed by atoms with van der Waals surface area (Å²) in [6.07, 6.45) is 6.07. The van der Waals surface area contributed by atoms with Gasteiger partial charge in [0.2, 0.25) is 21.8 Å². The zero-order valence-corrected chi connectivity index (χ0v) is 24.1. The third kappa shape index (κ3) is 7.37. The van der Waals surface area contributed by atoms with E-state index in [1.54, 1.807) is 49.4 Å². The largest absolute Gasteiger partial charge is 0.352 e. The molecule has 2 aromatic carbocycles. The molecule has 36 heavy (non-hydrogen) atoms. The van der Waals surface area contributed by atoms with Crippen LogP contribution < -0.4 is 9.62 Å². The number of amides is 2. The molecule has 1 saturated carbocycles. The van der Waals surface area contributed by atoms with Crippen LogP contribution in [-0.4, -0.2) is 50.0 Å². The molecule has 1 aliphatic rings. The minimum atomic E-state index is -3.82. The van der Waals surface area contributed by atoms with Gasteiger partial charge < -0.3 is 10.2 Å². The van der Waals surface area contributed by atoms with Crippen LogP contribution >= 0.6 is 39.1 Å². The molecular formula is C25H30BrCl2N3O4S. The lowest BCUT2D eigenvalue weighted by molar-refractivity contribution is -0.139. The average molecular weight is 619 g/mol. The molecule has 0 aliphatic heterocycles. The lowest BCUT2D eigenvalue weighted by atomic mass is 9.95. The van der Waals surface area contributed by atoms with Crippen molar-refractivity contribution in [3.05, 3.63) is 62.5 Å². The number of para-hydroxylation sites is 1. The molecular weight excluding hydrogens is 589 g/mol. The summed E-state index contributed by atoms with van der Waals surface area (Å²) in [6.45, 7) is 1.08. The fraction of sp³-hybridized carbons (Fsp3) is 0.440. The van der Waals surface area contributed by atoms with Gasteiger partial charge >= 0.3 is 0 Å². The van der Waals surface area contributed by atoms with Crippen molar-refractivity contribution in [3.8, 4) is 0 Å². The lowest BCUT2D eigenvalue weighted by Gasteiger charge is -2.33. The van der Waals surface area contributed by atoms with Crippen LogP contribution in [-0.2, 0) is 26.2 Å². The predicted octanol–water partition coefficient (Wildman–Crippen LogP) is 5.39. The maximum Gasteiger partial charge on any atom is 0.244 e. The second-order valence-electron chi connectivity index (χ2n) is 8.96. The highest BCUT2D eigenvalue weighted by molar-refractivity contribution is 9.10.